The van der Waals surface area contributed by atoms with E-state index in [2.05, 4.69) is 86.8 Å². The number of carboxylic acids is 1. The largest absolute Gasteiger partial charge is 0.545 e. The van der Waals surface area contributed by atoms with Crippen molar-refractivity contribution in [3.05, 3.63) is 72.9 Å². The van der Waals surface area contributed by atoms with Crippen molar-refractivity contribution < 1.29 is 42.9 Å². The third-order valence-electron chi connectivity index (χ3n) is 8.69. The van der Waals surface area contributed by atoms with Crippen molar-refractivity contribution in [2.24, 2.45) is 0 Å². The first-order chi connectivity index (χ1) is 27.1. The molecule has 0 heterocycles. The SMILES string of the molecule is CC/C=C\C/C=C\C/C=C\C/C=C\CCCCCCC(=O)OC(COC(=O)CCCCCCC/C=C\C/C=C\CCCC)COC(OCC[N+](C)(C)C)C(=O)[O-]. The highest BCUT2D eigenvalue weighted by Gasteiger charge is 2.21. The third-order valence-corrected chi connectivity index (χ3v) is 8.69. The minimum absolute atomic E-state index is 0.136. The average molecular weight is 786 g/mol. The zero-order chi connectivity index (χ0) is 41.4. The third kappa shape index (κ3) is 39.0. The van der Waals surface area contributed by atoms with Gasteiger partial charge in [0, 0.05) is 12.8 Å². The van der Waals surface area contributed by atoms with Gasteiger partial charge < -0.3 is 33.3 Å². The number of carbonyl (C=O) groups excluding carboxylic acids is 3. The molecule has 9 heteroatoms. The summed E-state index contributed by atoms with van der Waals surface area (Å²) in [6, 6.07) is 0. The predicted molar refractivity (Wildman–Crippen MR) is 228 cm³/mol. The second kappa shape index (κ2) is 38.6. The summed E-state index contributed by atoms with van der Waals surface area (Å²) in [5.74, 6) is -2.35. The van der Waals surface area contributed by atoms with Crippen LogP contribution in [-0.4, -0.2) is 82.3 Å². The Morgan fingerprint density at radius 3 is 1.52 bits per heavy atom. The second-order valence-corrected chi connectivity index (χ2v) is 15.2. The summed E-state index contributed by atoms with van der Waals surface area (Å²) in [7, 11) is 5.88. The van der Waals surface area contributed by atoms with Crippen molar-refractivity contribution in [2.45, 2.75) is 161 Å². The number of likely N-dealkylation sites (N-methyl/N-ethyl adjacent to an activating group) is 1. The van der Waals surface area contributed by atoms with Crippen LogP contribution in [0.5, 0.6) is 0 Å². The van der Waals surface area contributed by atoms with Gasteiger partial charge in [-0.3, -0.25) is 9.59 Å². The van der Waals surface area contributed by atoms with Crippen LogP contribution in [0.2, 0.25) is 0 Å². The van der Waals surface area contributed by atoms with Crippen LogP contribution in [0.25, 0.3) is 0 Å². The van der Waals surface area contributed by atoms with Crippen LogP contribution >= 0.6 is 0 Å². The summed E-state index contributed by atoms with van der Waals surface area (Å²) in [6.45, 7) is 4.51. The Bertz CT molecular complexity index is 1150. The summed E-state index contributed by atoms with van der Waals surface area (Å²) in [5.41, 5.74) is 0. The molecule has 0 saturated heterocycles. The van der Waals surface area contributed by atoms with E-state index in [-0.39, 0.29) is 38.6 Å². The fourth-order valence-electron chi connectivity index (χ4n) is 5.30. The number of hydrogen-bond donors (Lipinski definition) is 0. The first kappa shape index (κ1) is 52.7. The number of quaternary nitrogens is 1. The minimum atomic E-state index is -1.63. The Morgan fingerprint density at radius 2 is 1.02 bits per heavy atom. The van der Waals surface area contributed by atoms with Gasteiger partial charge in [-0.05, 0) is 77.0 Å². The topological polar surface area (TPSA) is 111 Å². The molecule has 2 unspecified atom stereocenters. The van der Waals surface area contributed by atoms with Gasteiger partial charge in [-0.15, -0.1) is 0 Å². The first-order valence-electron chi connectivity index (χ1n) is 21.6. The molecule has 0 radical (unpaired) electrons. The van der Waals surface area contributed by atoms with Crippen molar-refractivity contribution in [1.82, 2.24) is 0 Å². The molecule has 320 valence electrons. The lowest BCUT2D eigenvalue weighted by Gasteiger charge is -2.26. The zero-order valence-corrected chi connectivity index (χ0v) is 36.0. The molecule has 0 bridgehead atoms. The molecule has 9 nitrogen and oxygen atoms in total. The van der Waals surface area contributed by atoms with E-state index in [0.29, 0.717) is 23.9 Å². The van der Waals surface area contributed by atoms with Crippen LogP contribution in [0, 0.1) is 0 Å². The predicted octanol–water partition coefficient (Wildman–Crippen LogP) is 9.83. The number of hydrogen-bond acceptors (Lipinski definition) is 8. The van der Waals surface area contributed by atoms with Gasteiger partial charge >= 0.3 is 11.9 Å². The molecule has 0 saturated carbocycles. The van der Waals surface area contributed by atoms with E-state index in [1.165, 1.54) is 12.8 Å². The smallest absolute Gasteiger partial charge is 0.306 e. The normalized spacial score (nSPS) is 13.7. The minimum Gasteiger partial charge on any atom is -0.545 e. The molecule has 56 heavy (non-hydrogen) atoms. The monoisotopic (exact) mass is 786 g/mol. The van der Waals surface area contributed by atoms with E-state index in [0.717, 1.165) is 96.3 Å². The number of ether oxygens (including phenoxy) is 4. The van der Waals surface area contributed by atoms with Gasteiger partial charge in [0.2, 0.25) is 0 Å². The molecular formula is C47H79NO8. The van der Waals surface area contributed by atoms with E-state index in [1.807, 2.05) is 21.1 Å². The number of rotatable bonds is 38. The van der Waals surface area contributed by atoms with Crippen LogP contribution in [0.3, 0.4) is 0 Å². The van der Waals surface area contributed by atoms with Gasteiger partial charge in [-0.25, -0.2) is 0 Å². The van der Waals surface area contributed by atoms with Gasteiger partial charge in [0.15, 0.2) is 12.4 Å². The van der Waals surface area contributed by atoms with Crippen LogP contribution in [-0.2, 0) is 33.3 Å². The molecule has 0 aliphatic heterocycles. The van der Waals surface area contributed by atoms with Gasteiger partial charge in [0.25, 0.3) is 0 Å². The molecule has 0 N–H and O–H groups in total. The van der Waals surface area contributed by atoms with Crippen molar-refractivity contribution >= 4 is 17.9 Å². The standard InChI is InChI=1S/C47H79NO8/c1-6-8-10-12-14-16-18-20-22-23-24-26-28-30-32-34-36-38-45(50)56-43(42-55-47(46(51)52)53-40-39-48(3,4)5)41-54-44(49)37-35-33-31-29-27-25-21-19-17-15-13-11-9-7-2/h8,10,13-16,19-22,24,26,43,47H,6-7,9,11-12,17-18,23,25,27-42H2,1-5H3/b10-8-,15-13-,16-14-,21-19-,22-20-,26-24-. The first-order valence-corrected chi connectivity index (χ1v) is 21.6. The molecule has 0 aromatic rings. The van der Waals surface area contributed by atoms with E-state index >= 15 is 0 Å². The van der Waals surface area contributed by atoms with Gasteiger partial charge in [-0.2, -0.15) is 0 Å². The molecule has 0 rings (SSSR count). The van der Waals surface area contributed by atoms with Crippen molar-refractivity contribution in [3.8, 4) is 0 Å². The Morgan fingerprint density at radius 1 is 0.554 bits per heavy atom. The molecule has 0 aliphatic rings. The maximum Gasteiger partial charge on any atom is 0.306 e. The lowest BCUT2D eigenvalue weighted by Crippen LogP contribution is -2.44. The maximum absolute atomic E-state index is 12.7. The van der Waals surface area contributed by atoms with Crippen molar-refractivity contribution in [3.63, 3.8) is 0 Å². The molecule has 2 atom stereocenters. The summed E-state index contributed by atoms with van der Waals surface area (Å²) in [5, 5.41) is 11.7. The summed E-state index contributed by atoms with van der Waals surface area (Å²) in [4.78, 5) is 36.9. The molecule has 0 amide bonds. The number of esters is 2. The molecule has 0 spiro atoms. The lowest BCUT2D eigenvalue weighted by atomic mass is 10.1. The number of carboxylic acid groups (broad SMARTS) is 1. The fourth-order valence-corrected chi connectivity index (χ4v) is 5.30. The van der Waals surface area contributed by atoms with Crippen molar-refractivity contribution in [2.75, 3.05) is 47.5 Å². The van der Waals surface area contributed by atoms with Gasteiger partial charge in [-0.1, -0.05) is 132 Å². The van der Waals surface area contributed by atoms with Gasteiger partial charge in [0.1, 0.15) is 13.2 Å². The van der Waals surface area contributed by atoms with Crippen molar-refractivity contribution in [1.29, 1.82) is 0 Å². The van der Waals surface area contributed by atoms with Gasteiger partial charge in [0.05, 0.1) is 40.3 Å². The Kier molecular flexibility index (Phi) is 36.3. The average Bonchev–Trinajstić information content (AvgIpc) is 3.15. The van der Waals surface area contributed by atoms with Crippen LogP contribution in [0.15, 0.2) is 72.9 Å². The lowest BCUT2D eigenvalue weighted by molar-refractivity contribution is -0.870. The number of aliphatic carboxylic acids is 1. The second-order valence-electron chi connectivity index (χ2n) is 15.2. The number of carbonyl (C=O) groups is 3. The molecule has 0 aliphatic carbocycles. The van der Waals surface area contributed by atoms with E-state index in [4.69, 9.17) is 18.9 Å². The molecule has 0 fully saturated rings. The highest BCUT2D eigenvalue weighted by molar-refractivity contribution is 5.70. The molecule has 0 aromatic carbocycles. The molecular weight excluding hydrogens is 707 g/mol. The van der Waals surface area contributed by atoms with Crippen LogP contribution in [0.1, 0.15) is 149 Å². The van der Waals surface area contributed by atoms with E-state index < -0.39 is 24.3 Å². The maximum atomic E-state index is 12.7. The summed E-state index contributed by atoms with van der Waals surface area (Å²) < 4.78 is 22.5. The molecule has 0 aromatic heterocycles. The Balaban J connectivity index is 4.55. The van der Waals surface area contributed by atoms with Crippen LogP contribution in [0.4, 0.5) is 0 Å². The highest BCUT2D eigenvalue weighted by atomic mass is 16.7. The number of allylic oxidation sites excluding steroid dienone is 12. The number of unbranched alkanes of at least 4 members (excludes halogenated alkanes) is 11. The summed E-state index contributed by atoms with van der Waals surface area (Å²) in [6.07, 6.45) is 43.6. The van der Waals surface area contributed by atoms with E-state index in [9.17, 15) is 19.5 Å². The Labute approximate surface area is 341 Å². The summed E-state index contributed by atoms with van der Waals surface area (Å²) >= 11 is 0. The Hall–Kier alpha value is -3.27. The number of nitrogens with zero attached hydrogens (tertiary/aromatic N) is 1. The highest BCUT2D eigenvalue weighted by Crippen LogP contribution is 2.12. The zero-order valence-electron chi connectivity index (χ0n) is 36.0. The fraction of sp³-hybridized carbons (Fsp3) is 0.681. The van der Waals surface area contributed by atoms with E-state index in [1.54, 1.807) is 0 Å². The van der Waals surface area contributed by atoms with Crippen LogP contribution < -0.4 is 5.11 Å². The quantitative estimate of drug-likeness (QED) is 0.0200.